The van der Waals surface area contributed by atoms with Gasteiger partial charge in [0.15, 0.2) is 0 Å². The normalized spacial score (nSPS) is 12.8. The minimum Gasteiger partial charge on any atom is -0.466 e. The van der Waals surface area contributed by atoms with Crippen molar-refractivity contribution < 1.29 is 24.5 Å². The second kappa shape index (κ2) is 57.7. The Labute approximate surface area is 424 Å². The van der Waals surface area contributed by atoms with Gasteiger partial charge in [-0.05, 0) is 64.2 Å². The fraction of sp³-hybridized carbons (Fsp3) is 0.871. The molecule has 0 saturated carbocycles. The van der Waals surface area contributed by atoms with E-state index in [0.29, 0.717) is 19.4 Å². The first-order valence-electron chi connectivity index (χ1n) is 30.3. The highest BCUT2D eigenvalue weighted by Gasteiger charge is 2.18. The first-order valence-corrected chi connectivity index (χ1v) is 30.3. The zero-order valence-electron chi connectivity index (χ0n) is 45.6. The Morgan fingerprint density at radius 2 is 0.735 bits per heavy atom. The molecule has 0 aromatic heterocycles. The predicted octanol–water partition coefficient (Wildman–Crippen LogP) is 18.8. The Morgan fingerprint density at radius 1 is 0.412 bits per heavy atom. The second-order valence-electron chi connectivity index (χ2n) is 20.7. The minimum atomic E-state index is -0.853. The molecule has 0 aliphatic heterocycles. The van der Waals surface area contributed by atoms with Crippen LogP contribution in [0.1, 0.15) is 322 Å². The molecule has 2 atom stereocenters. The van der Waals surface area contributed by atoms with Gasteiger partial charge < -0.3 is 20.3 Å². The van der Waals surface area contributed by atoms with Crippen LogP contribution in [0.2, 0.25) is 0 Å². The maximum Gasteiger partial charge on any atom is 0.305 e. The van der Waals surface area contributed by atoms with Crippen LogP contribution in [0.4, 0.5) is 0 Å². The van der Waals surface area contributed by atoms with Crippen molar-refractivity contribution in [1.82, 2.24) is 5.32 Å². The van der Waals surface area contributed by atoms with Gasteiger partial charge in [-0.3, -0.25) is 9.59 Å². The van der Waals surface area contributed by atoms with Gasteiger partial charge in [-0.25, -0.2) is 0 Å². The van der Waals surface area contributed by atoms with Crippen LogP contribution in [-0.4, -0.2) is 47.4 Å². The van der Waals surface area contributed by atoms with Crippen LogP contribution in [0.15, 0.2) is 36.5 Å². The van der Waals surface area contributed by atoms with Crippen LogP contribution in [0.5, 0.6) is 0 Å². The first kappa shape index (κ1) is 66.1. The molecule has 0 heterocycles. The number of hydrogen-bond acceptors (Lipinski definition) is 5. The van der Waals surface area contributed by atoms with E-state index in [0.717, 1.165) is 64.2 Å². The largest absolute Gasteiger partial charge is 0.466 e. The van der Waals surface area contributed by atoms with Gasteiger partial charge in [0.2, 0.25) is 5.91 Å². The number of ether oxygens (including phenoxy) is 1. The Morgan fingerprint density at radius 3 is 1.15 bits per heavy atom. The van der Waals surface area contributed by atoms with E-state index in [1.165, 1.54) is 231 Å². The Bertz CT molecular complexity index is 1100. The number of aliphatic hydroxyl groups excluding tert-OH is 2. The molecule has 6 heteroatoms. The summed E-state index contributed by atoms with van der Waals surface area (Å²) in [5, 5.41) is 23.2. The molecule has 0 aliphatic carbocycles. The minimum absolute atomic E-state index is 0.0109. The molecule has 1 amide bonds. The molecule has 0 bridgehead atoms. The number of carbonyl (C=O) groups is 2. The van der Waals surface area contributed by atoms with Crippen LogP contribution in [0.3, 0.4) is 0 Å². The molecule has 0 aromatic carbocycles. The standard InChI is InChI=1S/C62H117NO5/c1-3-5-7-9-11-13-15-17-19-21-22-23-25-26-30-34-38-42-46-50-54-60(65)59(58-64)63-61(66)55-51-47-43-39-35-31-28-29-33-37-41-45-49-53-57-68-62(67)56-52-48-44-40-36-32-27-24-20-18-16-14-12-10-8-6-4-2/h12,14,18,20,50,54,59-60,64-65H,3-11,13,15-17,19,21-49,51-53,55-58H2,1-2H3,(H,63,66)/b14-12-,20-18-,54-50+. The van der Waals surface area contributed by atoms with Gasteiger partial charge in [0.05, 0.1) is 25.4 Å². The summed E-state index contributed by atoms with van der Waals surface area (Å²) >= 11 is 0. The number of hydrogen-bond donors (Lipinski definition) is 3. The SMILES string of the molecule is CCCCC/C=C\C/C=C\CCCCCCCCCC(=O)OCCCCCCCCCCCCCCCCC(=O)NC(CO)C(O)/C=C/CCCCCCCCCCCCCCCCCCCC. The average Bonchev–Trinajstić information content (AvgIpc) is 3.34. The summed E-state index contributed by atoms with van der Waals surface area (Å²) in [5.74, 6) is -0.0875. The fourth-order valence-electron chi connectivity index (χ4n) is 9.25. The lowest BCUT2D eigenvalue weighted by Crippen LogP contribution is -2.45. The van der Waals surface area contributed by atoms with E-state index in [4.69, 9.17) is 4.74 Å². The zero-order chi connectivity index (χ0) is 49.3. The number of unbranched alkanes of at least 4 members (excludes halogenated alkanes) is 41. The van der Waals surface area contributed by atoms with Crippen molar-refractivity contribution in [2.75, 3.05) is 13.2 Å². The molecule has 0 aromatic rings. The molecule has 3 N–H and O–H groups in total. The van der Waals surface area contributed by atoms with Crippen LogP contribution in [0, 0.1) is 0 Å². The maximum atomic E-state index is 12.5. The van der Waals surface area contributed by atoms with Gasteiger partial charge in [0, 0.05) is 12.8 Å². The summed E-state index contributed by atoms with van der Waals surface area (Å²) in [6.45, 7) is 4.87. The van der Waals surface area contributed by atoms with Gasteiger partial charge in [-0.15, -0.1) is 0 Å². The third-order valence-corrected chi connectivity index (χ3v) is 13.9. The lowest BCUT2D eigenvalue weighted by Gasteiger charge is -2.20. The predicted molar refractivity (Wildman–Crippen MR) is 296 cm³/mol. The molecule has 0 radical (unpaired) electrons. The Hall–Kier alpha value is -1.92. The average molecular weight is 957 g/mol. The van der Waals surface area contributed by atoms with Crippen molar-refractivity contribution in [3.8, 4) is 0 Å². The lowest BCUT2D eigenvalue weighted by atomic mass is 10.0. The van der Waals surface area contributed by atoms with E-state index in [2.05, 4.69) is 43.5 Å². The van der Waals surface area contributed by atoms with Crippen LogP contribution < -0.4 is 5.32 Å². The van der Waals surface area contributed by atoms with E-state index in [1.807, 2.05) is 6.08 Å². The Kier molecular flexibility index (Phi) is 56.0. The van der Waals surface area contributed by atoms with Crippen molar-refractivity contribution in [2.24, 2.45) is 0 Å². The molecular weight excluding hydrogens is 839 g/mol. The molecular formula is C62H117NO5. The number of aliphatic hydroxyl groups is 2. The molecule has 400 valence electrons. The van der Waals surface area contributed by atoms with Crippen LogP contribution >= 0.6 is 0 Å². The third-order valence-electron chi connectivity index (χ3n) is 13.9. The fourth-order valence-corrected chi connectivity index (χ4v) is 9.25. The van der Waals surface area contributed by atoms with Gasteiger partial charge in [-0.2, -0.15) is 0 Å². The van der Waals surface area contributed by atoms with E-state index in [-0.39, 0.29) is 18.5 Å². The van der Waals surface area contributed by atoms with Crippen molar-refractivity contribution in [3.63, 3.8) is 0 Å². The van der Waals surface area contributed by atoms with Crippen LogP contribution in [0.25, 0.3) is 0 Å². The number of carbonyl (C=O) groups excluding carboxylic acids is 2. The molecule has 0 aliphatic rings. The Balaban J connectivity index is 3.47. The molecule has 0 spiro atoms. The summed E-state index contributed by atoms with van der Waals surface area (Å²) < 4.78 is 5.48. The summed E-state index contributed by atoms with van der Waals surface area (Å²) in [7, 11) is 0. The van der Waals surface area contributed by atoms with E-state index >= 15 is 0 Å². The second-order valence-corrected chi connectivity index (χ2v) is 20.7. The number of rotatable bonds is 56. The quantitative estimate of drug-likeness (QED) is 0.0321. The molecule has 0 saturated heterocycles. The molecule has 68 heavy (non-hydrogen) atoms. The first-order chi connectivity index (χ1) is 33.5. The number of allylic oxidation sites excluding steroid dienone is 5. The van der Waals surface area contributed by atoms with Gasteiger partial charge in [-0.1, -0.05) is 281 Å². The maximum absolute atomic E-state index is 12.5. The van der Waals surface area contributed by atoms with Crippen LogP contribution in [-0.2, 0) is 14.3 Å². The third kappa shape index (κ3) is 53.4. The number of amides is 1. The van der Waals surface area contributed by atoms with Crippen molar-refractivity contribution in [3.05, 3.63) is 36.5 Å². The molecule has 0 fully saturated rings. The summed E-state index contributed by atoms with van der Waals surface area (Å²) in [4.78, 5) is 24.6. The van der Waals surface area contributed by atoms with Crippen molar-refractivity contribution in [1.29, 1.82) is 0 Å². The van der Waals surface area contributed by atoms with E-state index in [1.54, 1.807) is 6.08 Å². The molecule has 2 unspecified atom stereocenters. The monoisotopic (exact) mass is 956 g/mol. The molecule has 0 rings (SSSR count). The highest BCUT2D eigenvalue weighted by molar-refractivity contribution is 5.76. The smallest absolute Gasteiger partial charge is 0.305 e. The summed E-state index contributed by atoms with van der Waals surface area (Å²) in [6, 6.07) is -0.637. The molecule has 6 nitrogen and oxygen atoms in total. The highest BCUT2D eigenvalue weighted by atomic mass is 16.5. The lowest BCUT2D eigenvalue weighted by molar-refractivity contribution is -0.143. The number of nitrogens with one attached hydrogen (secondary N) is 1. The summed E-state index contributed by atoms with van der Waals surface area (Å²) in [5.41, 5.74) is 0. The number of esters is 1. The van der Waals surface area contributed by atoms with Crippen molar-refractivity contribution >= 4 is 11.9 Å². The van der Waals surface area contributed by atoms with Crippen molar-refractivity contribution in [2.45, 2.75) is 334 Å². The van der Waals surface area contributed by atoms with Gasteiger partial charge in [0.1, 0.15) is 0 Å². The van der Waals surface area contributed by atoms with E-state index in [9.17, 15) is 19.8 Å². The van der Waals surface area contributed by atoms with Gasteiger partial charge >= 0.3 is 5.97 Å². The van der Waals surface area contributed by atoms with E-state index < -0.39 is 12.1 Å². The topological polar surface area (TPSA) is 95.9 Å². The zero-order valence-corrected chi connectivity index (χ0v) is 45.6. The highest BCUT2D eigenvalue weighted by Crippen LogP contribution is 2.17. The van der Waals surface area contributed by atoms with Gasteiger partial charge in [0.25, 0.3) is 0 Å². The summed E-state index contributed by atoms with van der Waals surface area (Å²) in [6.07, 6.45) is 71.6.